The number of esters is 1. The van der Waals surface area contributed by atoms with Crippen LogP contribution < -0.4 is 0 Å². The van der Waals surface area contributed by atoms with Crippen LogP contribution in [-0.2, 0) is 19.0 Å². The second-order valence-electron chi connectivity index (χ2n) is 10.6. The van der Waals surface area contributed by atoms with Crippen LogP contribution in [0.3, 0.4) is 0 Å². The molecule has 136 valence electrons. The lowest BCUT2D eigenvalue weighted by molar-refractivity contribution is -0.219. The Balaban J connectivity index is 1.53. The summed E-state index contributed by atoms with van der Waals surface area (Å²) in [4.78, 5) is 13.2. The topological polar surface area (TPSA) is 65.0 Å². The van der Waals surface area contributed by atoms with Gasteiger partial charge >= 0.3 is 5.97 Å². The summed E-state index contributed by atoms with van der Waals surface area (Å²) < 4.78 is 17.6. The van der Waals surface area contributed by atoms with Gasteiger partial charge in [-0.2, -0.15) is 0 Å². The lowest BCUT2D eigenvalue weighted by atomic mass is 9.61. The molecule has 0 aromatic heterocycles. The monoisotopic (exact) mass is 338 g/mol. The number of carbonyl (C=O) groups is 1. The first-order chi connectivity index (χ1) is 10.8. The molecule has 8 unspecified atom stereocenters. The Hall–Kier alpha value is -0.650. The highest BCUT2D eigenvalue weighted by atomic mass is 16.7. The van der Waals surface area contributed by atoms with Gasteiger partial charge in [0.15, 0.2) is 11.9 Å². The molecule has 0 amide bonds. The summed E-state index contributed by atoms with van der Waals surface area (Å²) in [5.74, 6) is -1.11. The molecule has 3 saturated heterocycles. The highest BCUT2D eigenvalue weighted by molar-refractivity contribution is 5.78. The van der Waals surface area contributed by atoms with Crippen LogP contribution in [0.1, 0.15) is 54.9 Å². The quantitative estimate of drug-likeness (QED) is 0.801. The van der Waals surface area contributed by atoms with Crippen molar-refractivity contribution in [2.24, 2.45) is 28.1 Å². The minimum absolute atomic E-state index is 0.0149. The molecule has 3 heterocycles. The van der Waals surface area contributed by atoms with Crippen molar-refractivity contribution in [3.05, 3.63) is 0 Å². The Morgan fingerprint density at radius 1 is 1.04 bits per heavy atom. The van der Waals surface area contributed by atoms with Gasteiger partial charge in [-0.3, -0.25) is 4.79 Å². The third kappa shape index (κ3) is 1.95. The maximum Gasteiger partial charge on any atom is 0.312 e. The molecule has 4 fully saturated rings. The number of hydrogen-bond donors (Lipinski definition) is 1. The van der Waals surface area contributed by atoms with Crippen LogP contribution in [0.25, 0.3) is 0 Å². The Kier molecular flexibility index (Phi) is 3.05. The van der Waals surface area contributed by atoms with Crippen LogP contribution in [0.15, 0.2) is 0 Å². The molecule has 0 radical (unpaired) electrons. The summed E-state index contributed by atoms with van der Waals surface area (Å²) in [5, 5.41) is 10.3. The molecule has 5 heteroatoms. The smallest absolute Gasteiger partial charge is 0.312 e. The van der Waals surface area contributed by atoms with Crippen molar-refractivity contribution in [3.63, 3.8) is 0 Å². The maximum absolute atomic E-state index is 13.2. The molecular formula is C19H30O5. The van der Waals surface area contributed by atoms with Gasteiger partial charge in [0.25, 0.3) is 0 Å². The molecular weight excluding hydrogens is 308 g/mol. The molecule has 1 saturated carbocycles. The molecule has 0 spiro atoms. The average molecular weight is 338 g/mol. The van der Waals surface area contributed by atoms with Crippen molar-refractivity contribution in [3.8, 4) is 0 Å². The first-order valence-corrected chi connectivity index (χ1v) is 9.06. The van der Waals surface area contributed by atoms with Gasteiger partial charge in [-0.25, -0.2) is 0 Å². The maximum atomic E-state index is 13.2. The molecule has 0 aromatic carbocycles. The number of aliphatic hydroxyl groups is 1. The molecule has 1 N–H and O–H groups in total. The van der Waals surface area contributed by atoms with E-state index in [1.807, 2.05) is 6.92 Å². The molecule has 4 rings (SSSR count). The van der Waals surface area contributed by atoms with Crippen LogP contribution in [0, 0.1) is 28.1 Å². The molecule has 1 aliphatic carbocycles. The number of rotatable bonds is 3. The van der Waals surface area contributed by atoms with Crippen LogP contribution in [0.2, 0.25) is 0 Å². The zero-order chi connectivity index (χ0) is 17.9. The highest BCUT2D eigenvalue weighted by Gasteiger charge is 2.89. The van der Waals surface area contributed by atoms with Crippen molar-refractivity contribution in [1.82, 2.24) is 0 Å². The first-order valence-electron chi connectivity index (χ1n) is 9.06. The number of ether oxygens (including phenoxy) is 3. The second-order valence-corrected chi connectivity index (χ2v) is 10.6. The molecule has 0 aromatic rings. The van der Waals surface area contributed by atoms with E-state index >= 15 is 0 Å². The normalized spacial score (nSPS) is 47.7. The van der Waals surface area contributed by atoms with Gasteiger partial charge in [0, 0.05) is 0 Å². The standard InChI is InChI=1S/C19H30O5/c1-16(2,3)8-18(7,17(4,5)6)15(20)23-13-11-9-10-12(22-11)14(13)24-19(9,10)21/h9-14,21H,8H2,1-7H3. The zero-order valence-electron chi connectivity index (χ0n) is 15.8. The van der Waals surface area contributed by atoms with Gasteiger partial charge in [-0.15, -0.1) is 0 Å². The SMILES string of the molecule is CC(C)(C)CC(C)(C(=O)OC1C2OC3(O)C4C1OC2C43)C(C)(C)C. The summed E-state index contributed by atoms with van der Waals surface area (Å²) in [7, 11) is 0. The molecule has 2 bridgehead atoms. The number of hydrogen-bond acceptors (Lipinski definition) is 5. The van der Waals surface area contributed by atoms with E-state index in [1.54, 1.807) is 0 Å². The lowest BCUT2D eigenvalue weighted by Gasteiger charge is -2.44. The second kappa shape index (κ2) is 4.36. The van der Waals surface area contributed by atoms with Crippen molar-refractivity contribution >= 4 is 5.97 Å². The summed E-state index contributed by atoms with van der Waals surface area (Å²) in [6.45, 7) is 14.7. The van der Waals surface area contributed by atoms with E-state index in [9.17, 15) is 9.90 Å². The van der Waals surface area contributed by atoms with Crippen LogP contribution in [0.5, 0.6) is 0 Å². The van der Waals surface area contributed by atoms with E-state index in [0.717, 1.165) is 6.42 Å². The third-order valence-corrected chi connectivity index (χ3v) is 6.78. The largest absolute Gasteiger partial charge is 0.456 e. The van der Waals surface area contributed by atoms with Crippen molar-refractivity contribution in [2.75, 3.05) is 0 Å². The van der Waals surface area contributed by atoms with E-state index in [0.29, 0.717) is 0 Å². The van der Waals surface area contributed by atoms with Crippen molar-refractivity contribution in [1.29, 1.82) is 0 Å². The van der Waals surface area contributed by atoms with Gasteiger partial charge in [-0.1, -0.05) is 41.5 Å². The highest BCUT2D eigenvalue weighted by Crippen LogP contribution is 2.73. The molecule has 24 heavy (non-hydrogen) atoms. The molecule has 8 atom stereocenters. The fourth-order valence-electron chi connectivity index (χ4n) is 5.17. The minimum atomic E-state index is -1.00. The van der Waals surface area contributed by atoms with E-state index < -0.39 is 11.2 Å². The van der Waals surface area contributed by atoms with Gasteiger partial charge in [0.05, 0.1) is 23.4 Å². The minimum Gasteiger partial charge on any atom is -0.456 e. The lowest BCUT2D eigenvalue weighted by Crippen LogP contribution is -2.51. The summed E-state index contributed by atoms with van der Waals surface area (Å²) >= 11 is 0. The zero-order valence-corrected chi connectivity index (χ0v) is 15.8. The Morgan fingerprint density at radius 2 is 1.62 bits per heavy atom. The van der Waals surface area contributed by atoms with Crippen LogP contribution >= 0.6 is 0 Å². The molecule has 3 aliphatic heterocycles. The van der Waals surface area contributed by atoms with Gasteiger partial charge in [0.1, 0.15) is 12.2 Å². The Bertz CT molecular complexity index is 580. The average Bonchev–Trinajstić information content (AvgIpc) is 2.68. The summed E-state index contributed by atoms with van der Waals surface area (Å²) in [5.41, 5.74) is -0.809. The van der Waals surface area contributed by atoms with Gasteiger partial charge in [0.2, 0.25) is 0 Å². The van der Waals surface area contributed by atoms with Crippen molar-refractivity contribution < 1.29 is 24.1 Å². The fourth-order valence-corrected chi connectivity index (χ4v) is 5.17. The third-order valence-electron chi connectivity index (χ3n) is 6.78. The van der Waals surface area contributed by atoms with Crippen LogP contribution in [-0.4, -0.2) is 41.3 Å². The van der Waals surface area contributed by atoms with E-state index in [2.05, 4.69) is 41.5 Å². The van der Waals surface area contributed by atoms with E-state index in [-0.39, 0.29) is 53.1 Å². The number of carbonyl (C=O) groups excluding carboxylic acids is 1. The predicted molar refractivity (Wildman–Crippen MR) is 87.0 cm³/mol. The summed E-state index contributed by atoms with van der Waals surface area (Å²) in [6, 6.07) is 0. The van der Waals surface area contributed by atoms with E-state index in [1.165, 1.54) is 0 Å². The van der Waals surface area contributed by atoms with E-state index in [4.69, 9.17) is 14.2 Å². The first kappa shape index (κ1) is 16.8. The Labute approximate surface area is 144 Å². The van der Waals surface area contributed by atoms with Crippen LogP contribution in [0.4, 0.5) is 0 Å². The fraction of sp³-hybridized carbons (Fsp3) is 0.947. The predicted octanol–water partition coefficient (Wildman–Crippen LogP) is 2.50. The number of fused-ring (bicyclic) bond motifs is 3. The van der Waals surface area contributed by atoms with Gasteiger partial charge < -0.3 is 19.3 Å². The Morgan fingerprint density at radius 3 is 2.04 bits per heavy atom. The molecule has 4 aliphatic rings. The molecule has 5 nitrogen and oxygen atoms in total. The van der Waals surface area contributed by atoms with Gasteiger partial charge in [-0.05, 0) is 24.2 Å². The summed E-state index contributed by atoms with van der Waals surface area (Å²) in [6.07, 6.45) is -0.255. The van der Waals surface area contributed by atoms with Crippen molar-refractivity contribution in [2.45, 2.75) is 85.1 Å².